The standard InChI is InChI=1S/C10H17N3O3S.ClH/c1-3-12-6-7-13(10(12)9-11-14)5-4-8-17(2,15)16;/h6-7,9H,3-5,8H2,1-2H3;1H. The SMILES string of the molecule is CCn1cc[n+](CCCS(C)(=O)=O)c1/C=N/O.[Cl-]. The van der Waals surface area contributed by atoms with Gasteiger partial charge in [0.25, 0.3) is 0 Å². The Balaban J connectivity index is 0.00000289. The smallest absolute Gasteiger partial charge is 0.303 e. The second-order valence-electron chi connectivity index (χ2n) is 3.86. The quantitative estimate of drug-likeness (QED) is 0.264. The molecular weight excluding hydrogens is 278 g/mol. The highest BCUT2D eigenvalue weighted by atomic mass is 35.5. The molecule has 1 rings (SSSR count). The van der Waals surface area contributed by atoms with E-state index in [0.29, 0.717) is 13.0 Å². The number of imidazole rings is 1. The molecule has 0 spiro atoms. The van der Waals surface area contributed by atoms with E-state index < -0.39 is 9.84 Å². The molecule has 1 heterocycles. The Morgan fingerprint density at radius 2 is 2.22 bits per heavy atom. The van der Waals surface area contributed by atoms with Gasteiger partial charge in [0, 0.05) is 6.26 Å². The predicted molar refractivity (Wildman–Crippen MR) is 64.0 cm³/mol. The molecule has 8 heteroatoms. The van der Waals surface area contributed by atoms with Gasteiger partial charge in [-0.25, -0.2) is 17.6 Å². The van der Waals surface area contributed by atoms with E-state index in [1.54, 1.807) is 0 Å². The van der Waals surface area contributed by atoms with Crippen LogP contribution in [0.25, 0.3) is 0 Å². The summed E-state index contributed by atoms with van der Waals surface area (Å²) in [5.74, 6) is 0.913. The van der Waals surface area contributed by atoms with Gasteiger partial charge < -0.3 is 17.6 Å². The molecule has 0 unspecified atom stereocenters. The van der Waals surface area contributed by atoms with E-state index in [-0.39, 0.29) is 18.2 Å². The minimum atomic E-state index is -2.92. The molecule has 0 amide bonds. The van der Waals surface area contributed by atoms with Crippen LogP contribution in [0.1, 0.15) is 19.2 Å². The van der Waals surface area contributed by atoms with Gasteiger partial charge in [0.15, 0.2) is 6.21 Å². The second-order valence-corrected chi connectivity index (χ2v) is 6.12. The molecule has 1 N–H and O–H groups in total. The third-order valence-electron chi connectivity index (χ3n) is 2.44. The van der Waals surface area contributed by atoms with E-state index >= 15 is 0 Å². The summed E-state index contributed by atoms with van der Waals surface area (Å²) in [6.07, 6.45) is 6.85. The monoisotopic (exact) mass is 295 g/mol. The second kappa shape index (κ2) is 7.38. The minimum Gasteiger partial charge on any atom is -1.00 e. The van der Waals surface area contributed by atoms with Crippen LogP contribution >= 0.6 is 0 Å². The largest absolute Gasteiger partial charge is 1.00 e. The number of hydrogen-bond donors (Lipinski definition) is 1. The van der Waals surface area contributed by atoms with Crippen LogP contribution < -0.4 is 17.0 Å². The summed E-state index contributed by atoms with van der Waals surface area (Å²) in [6, 6.07) is 0. The van der Waals surface area contributed by atoms with Crippen molar-refractivity contribution in [2.24, 2.45) is 5.16 Å². The van der Waals surface area contributed by atoms with Crippen molar-refractivity contribution in [1.29, 1.82) is 0 Å². The van der Waals surface area contributed by atoms with Crippen molar-refractivity contribution in [1.82, 2.24) is 4.57 Å². The fraction of sp³-hybridized carbons (Fsp3) is 0.600. The maximum atomic E-state index is 11.0. The van der Waals surface area contributed by atoms with Crippen molar-refractivity contribution in [2.75, 3.05) is 12.0 Å². The summed E-state index contributed by atoms with van der Waals surface area (Å²) in [6.45, 7) is 3.33. The van der Waals surface area contributed by atoms with Gasteiger partial charge in [0.05, 0.1) is 18.8 Å². The maximum Gasteiger partial charge on any atom is 0.303 e. The lowest BCUT2D eigenvalue weighted by Gasteiger charge is -1.99. The average molecular weight is 296 g/mol. The molecule has 0 aliphatic carbocycles. The summed E-state index contributed by atoms with van der Waals surface area (Å²) in [5, 5.41) is 11.6. The fourth-order valence-electron chi connectivity index (χ4n) is 1.63. The molecule has 0 saturated carbocycles. The first kappa shape index (κ1) is 16.9. The van der Waals surface area contributed by atoms with Crippen LogP contribution in [0.3, 0.4) is 0 Å². The number of nitrogens with zero attached hydrogens (tertiary/aromatic N) is 3. The predicted octanol–water partition coefficient (Wildman–Crippen LogP) is -2.96. The van der Waals surface area contributed by atoms with Crippen molar-refractivity contribution >= 4 is 16.1 Å². The third-order valence-corrected chi connectivity index (χ3v) is 3.47. The summed E-state index contributed by atoms with van der Waals surface area (Å²) < 4.78 is 25.8. The molecule has 0 aliphatic heterocycles. The molecule has 0 fully saturated rings. The molecule has 0 saturated heterocycles. The van der Waals surface area contributed by atoms with Crippen molar-refractivity contribution in [2.45, 2.75) is 26.4 Å². The highest BCUT2D eigenvalue weighted by molar-refractivity contribution is 7.90. The van der Waals surface area contributed by atoms with E-state index in [1.807, 2.05) is 28.5 Å². The van der Waals surface area contributed by atoms with Gasteiger partial charge in [-0.15, -0.1) is 0 Å². The van der Waals surface area contributed by atoms with E-state index in [4.69, 9.17) is 5.21 Å². The fourth-order valence-corrected chi connectivity index (χ4v) is 2.29. The number of rotatable bonds is 6. The number of hydrogen-bond acceptors (Lipinski definition) is 4. The lowest BCUT2D eigenvalue weighted by atomic mass is 10.4. The zero-order valence-electron chi connectivity index (χ0n) is 10.5. The number of halogens is 1. The zero-order valence-corrected chi connectivity index (χ0v) is 12.0. The normalized spacial score (nSPS) is 11.7. The number of aryl methyl sites for hydroxylation is 2. The van der Waals surface area contributed by atoms with Gasteiger partial charge in [-0.2, -0.15) is 0 Å². The van der Waals surface area contributed by atoms with Gasteiger partial charge in [0.2, 0.25) is 0 Å². The van der Waals surface area contributed by atoms with Gasteiger partial charge in [0.1, 0.15) is 22.2 Å². The summed E-state index contributed by atoms with van der Waals surface area (Å²) in [5.41, 5.74) is 0. The van der Waals surface area contributed by atoms with E-state index in [0.717, 1.165) is 12.4 Å². The first-order valence-electron chi connectivity index (χ1n) is 5.41. The van der Waals surface area contributed by atoms with E-state index in [2.05, 4.69) is 5.16 Å². The van der Waals surface area contributed by atoms with Gasteiger partial charge in [-0.3, -0.25) is 0 Å². The molecule has 104 valence electrons. The van der Waals surface area contributed by atoms with Crippen LogP contribution in [-0.2, 0) is 22.9 Å². The summed E-state index contributed by atoms with van der Waals surface area (Å²) in [4.78, 5) is 0. The Kier molecular flexibility index (Phi) is 6.93. The highest BCUT2D eigenvalue weighted by Gasteiger charge is 2.14. The molecule has 0 radical (unpaired) electrons. The topological polar surface area (TPSA) is 75.5 Å². The Morgan fingerprint density at radius 1 is 1.56 bits per heavy atom. The molecule has 1 aromatic heterocycles. The number of aromatic nitrogens is 2. The number of sulfone groups is 1. The van der Waals surface area contributed by atoms with Crippen molar-refractivity contribution in [3.8, 4) is 0 Å². The van der Waals surface area contributed by atoms with Crippen molar-refractivity contribution in [3.63, 3.8) is 0 Å². The molecular formula is C10H18ClN3O3S. The van der Waals surface area contributed by atoms with Crippen LogP contribution in [-0.4, -0.2) is 36.4 Å². The van der Waals surface area contributed by atoms with Crippen molar-refractivity contribution < 1.29 is 30.6 Å². The Morgan fingerprint density at radius 3 is 2.72 bits per heavy atom. The zero-order chi connectivity index (χ0) is 12.9. The van der Waals surface area contributed by atoms with Gasteiger partial charge >= 0.3 is 5.82 Å². The van der Waals surface area contributed by atoms with Gasteiger partial charge in [-0.1, -0.05) is 5.16 Å². The highest BCUT2D eigenvalue weighted by Crippen LogP contribution is 1.95. The number of oxime groups is 1. The molecule has 0 aliphatic rings. The molecule has 6 nitrogen and oxygen atoms in total. The molecule has 0 aromatic carbocycles. The Hall–Kier alpha value is -1.08. The van der Waals surface area contributed by atoms with Crippen LogP contribution in [0.4, 0.5) is 0 Å². The first-order chi connectivity index (χ1) is 7.98. The Bertz CT molecular complexity index is 496. The third kappa shape index (κ3) is 5.05. The van der Waals surface area contributed by atoms with Gasteiger partial charge in [-0.05, 0) is 13.3 Å². The first-order valence-corrected chi connectivity index (χ1v) is 7.47. The van der Waals surface area contributed by atoms with Crippen LogP contribution in [0.15, 0.2) is 17.5 Å². The summed E-state index contributed by atoms with van der Waals surface area (Å²) >= 11 is 0. The minimum absolute atomic E-state index is 0. The lowest BCUT2D eigenvalue weighted by Crippen LogP contribution is -3.00. The van der Waals surface area contributed by atoms with Crippen LogP contribution in [0.5, 0.6) is 0 Å². The molecule has 1 aromatic rings. The molecule has 18 heavy (non-hydrogen) atoms. The average Bonchev–Trinajstić information content (AvgIpc) is 2.60. The lowest BCUT2D eigenvalue weighted by molar-refractivity contribution is -0.697. The summed E-state index contributed by atoms with van der Waals surface area (Å²) in [7, 11) is -2.92. The molecule has 0 atom stereocenters. The van der Waals surface area contributed by atoms with Crippen molar-refractivity contribution in [3.05, 3.63) is 18.2 Å². The van der Waals surface area contributed by atoms with E-state index in [1.165, 1.54) is 12.5 Å². The molecule has 0 bridgehead atoms. The Labute approximate surface area is 113 Å². The maximum absolute atomic E-state index is 11.0. The van der Waals surface area contributed by atoms with Crippen LogP contribution in [0, 0.1) is 0 Å². The van der Waals surface area contributed by atoms with Crippen LogP contribution in [0.2, 0.25) is 0 Å². The van der Waals surface area contributed by atoms with E-state index in [9.17, 15) is 8.42 Å².